The van der Waals surface area contributed by atoms with Gasteiger partial charge in [-0.15, -0.1) is 10.2 Å². The first kappa shape index (κ1) is 22.7. The van der Waals surface area contributed by atoms with Gasteiger partial charge in [0.2, 0.25) is 0 Å². The molecule has 168 valence electrons. The molecule has 1 aliphatic rings. The Kier molecular flexibility index (Phi) is 6.00. The van der Waals surface area contributed by atoms with Gasteiger partial charge in [0.25, 0.3) is 0 Å². The van der Waals surface area contributed by atoms with Crippen molar-refractivity contribution in [2.24, 2.45) is 0 Å². The summed E-state index contributed by atoms with van der Waals surface area (Å²) in [5.41, 5.74) is 0.0309. The van der Waals surface area contributed by atoms with Crippen LogP contribution < -0.4 is 4.74 Å². The number of carboxylic acid groups (broad SMARTS) is 1. The Morgan fingerprint density at radius 3 is 2.72 bits per heavy atom. The van der Waals surface area contributed by atoms with Crippen LogP contribution in [0.3, 0.4) is 0 Å². The molecule has 2 aromatic carbocycles. The van der Waals surface area contributed by atoms with E-state index in [0.29, 0.717) is 32.1 Å². The summed E-state index contributed by atoms with van der Waals surface area (Å²) >= 11 is 9.90. The molecule has 0 spiro atoms. The molecule has 32 heavy (non-hydrogen) atoms. The summed E-state index contributed by atoms with van der Waals surface area (Å²) in [4.78, 5) is 11.7. The van der Waals surface area contributed by atoms with Gasteiger partial charge in [-0.1, -0.05) is 23.7 Å². The first-order valence-electron chi connectivity index (χ1n) is 9.76. The number of fused-ring (bicyclic) bond motifs is 3. The second-order valence-electron chi connectivity index (χ2n) is 7.86. The molecule has 10 heteroatoms. The highest BCUT2D eigenvalue weighted by Crippen LogP contribution is 2.46. The zero-order valence-corrected chi connectivity index (χ0v) is 19.8. The van der Waals surface area contributed by atoms with Crippen molar-refractivity contribution in [1.29, 1.82) is 0 Å². The molecule has 0 saturated carbocycles. The first-order valence-corrected chi connectivity index (χ1v) is 10.9. The van der Waals surface area contributed by atoms with Crippen LogP contribution >= 0.6 is 27.5 Å². The van der Waals surface area contributed by atoms with Gasteiger partial charge in [0.15, 0.2) is 17.3 Å². The highest BCUT2D eigenvalue weighted by Gasteiger charge is 2.39. The van der Waals surface area contributed by atoms with E-state index < -0.39 is 23.8 Å². The minimum atomic E-state index is -1.84. The van der Waals surface area contributed by atoms with E-state index in [9.17, 15) is 9.90 Å². The molecule has 7 nitrogen and oxygen atoms in total. The second-order valence-corrected chi connectivity index (χ2v) is 9.09. The Labute approximate surface area is 197 Å². The largest absolute Gasteiger partial charge is 0.496 e. The third kappa shape index (κ3) is 4.00. The number of benzene rings is 2. The third-order valence-corrected chi connectivity index (χ3v) is 6.26. The van der Waals surface area contributed by atoms with Crippen LogP contribution in [0.25, 0.3) is 5.69 Å². The fraction of sp³-hybridized carbons (Fsp3) is 0.318. The number of aromatic nitrogens is 3. The Bertz CT molecular complexity index is 1190. The van der Waals surface area contributed by atoms with Gasteiger partial charge in [-0.25, -0.2) is 4.39 Å². The number of rotatable bonds is 5. The van der Waals surface area contributed by atoms with Gasteiger partial charge in [-0.05, 0) is 54.0 Å². The molecule has 0 saturated heterocycles. The van der Waals surface area contributed by atoms with E-state index in [4.69, 9.17) is 21.1 Å². The molecule has 1 aromatic heterocycles. The van der Waals surface area contributed by atoms with Crippen LogP contribution in [0.5, 0.6) is 5.75 Å². The molecule has 0 fully saturated rings. The van der Waals surface area contributed by atoms with Gasteiger partial charge in [0.05, 0.1) is 23.7 Å². The molecule has 1 unspecified atom stereocenters. The Balaban J connectivity index is 2.03. The van der Waals surface area contributed by atoms with E-state index >= 15 is 4.39 Å². The molecule has 0 radical (unpaired) electrons. The van der Waals surface area contributed by atoms with Crippen LogP contribution in [0.1, 0.15) is 55.3 Å². The van der Waals surface area contributed by atoms with Crippen molar-refractivity contribution in [2.45, 2.75) is 38.1 Å². The number of carbonyl (C=O) groups is 1. The summed E-state index contributed by atoms with van der Waals surface area (Å²) in [5.74, 6) is -0.254. The Morgan fingerprint density at radius 1 is 1.31 bits per heavy atom. The van der Waals surface area contributed by atoms with Crippen LogP contribution in [0.4, 0.5) is 4.39 Å². The van der Waals surface area contributed by atoms with E-state index in [0.717, 1.165) is 0 Å². The molecule has 0 amide bonds. The number of nitrogens with zero attached hydrogens (tertiary/aromatic N) is 3. The number of hydrogen-bond donors (Lipinski definition) is 1. The van der Waals surface area contributed by atoms with E-state index in [2.05, 4.69) is 26.1 Å². The summed E-state index contributed by atoms with van der Waals surface area (Å²) in [6, 6.07) is 10.6. The minimum absolute atomic E-state index is 0.0421. The van der Waals surface area contributed by atoms with Crippen molar-refractivity contribution < 1.29 is 23.8 Å². The number of halogens is 3. The topological polar surface area (TPSA) is 86.5 Å². The minimum Gasteiger partial charge on any atom is -0.496 e. The third-order valence-electron chi connectivity index (χ3n) is 5.18. The summed E-state index contributed by atoms with van der Waals surface area (Å²) in [5, 5.41) is 18.2. The molecule has 1 aliphatic heterocycles. The van der Waals surface area contributed by atoms with E-state index in [1.165, 1.54) is 18.4 Å². The number of hydrogen-bond acceptors (Lipinski definition) is 5. The van der Waals surface area contributed by atoms with Crippen molar-refractivity contribution in [3.05, 3.63) is 68.7 Å². The number of aliphatic carboxylic acids is 1. The molecule has 0 bridgehead atoms. The summed E-state index contributed by atoms with van der Waals surface area (Å²) < 4.78 is 29.0. The number of carboxylic acids is 1. The van der Waals surface area contributed by atoms with Gasteiger partial charge >= 0.3 is 5.97 Å². The Morgan fingerprint density at radius 2 is 2.06 bits per heavy atom. The Hall–Kier alpha value is -2.49. The van der Waals surface area contributed by atoms with E-state index in [1.54, 1.807) is 37.4 Å². The summed E-state index contributed by atoms with van der Waals surface area (Å²) in [6.45, 7) is 2.74. The normalized spacial score (nSPS) is 17.9. The van der Waals surface area contributed by atoms with E-state index in [1.807, 2.05) is 6.07 Å². The lowest BCUT2D eigenvalue weighted by molar-refractivity contribution is -0.141. The maximum atomic E-state index is 15.1. The van der Waals surface area contributed by atoms with Gasteiger partial charge in [-0.3, -0.25) is 9.36 Å². The van der Waals surface area contributed by atoms with Gasteiger partial charge < -0.3 is 14.6 Å². The molecule has 1 N–H and O–H groups in total. The molecule has 2 atom stereocenters. The smallest absolute Gasteiger partial charge is 0.306 e. The molecule has 2 heterocycles. The lowest BCUT2D eigenvalue weighted by Gasteiger charge is -2.23. The van der Waals surface area contributed by atoms with Crippen LogP contribution in [0.2, 0.25) is 5.02 Å². The SMILES string of the molecule is COc1cccc(C2O[C@H](CC(=O)O)c3nnc(C(C)(C)F)n3-c3ccc(Cl)cc32)c1Br. The van der Waals surface area contributed by atoms with Crippen LogP contribution in [-0.2, 0) is 15.2 Å². The molecule has 4 rings (SSSR count). The maximum absolute atomic E-state index is 15.1. The predicted octanol–water partition coefficient (Wildman–Crippen LogP) is 5.53. The monoisotopic (exact) mass is 523 g/mol. The van der Waals surface area contributed by atoms with Gasteiger partial charge in [0, 0.05) is 16.1 Å². The van der Waals surface area contributed by atoms with Crippen LogP contribution in [0.15, 0.2) is 40.9 Å². The first-order chi connectivity index (χ1) is 15.1. The van der Waals surface area contributed by atoms with Crippen LogP contribution in [-0.4, -0.2) is 33.0 Å². The van der Waals surface area contributed by atoms with Crippen molar-refractivity contribution in [3.8, 4) is 11.4 Å². The van der Waals surface area contributed by atoms with E-state index in [-0.39, 0.29) is 18.1 Å². The standard InChI is InChI=1S/C22H20BrClFN3O4/c1-22(2,25)21-27-26-20-16(10-17(29)30)32-19(12-5-4-6-15(31-3)18(12)23)13-9-11(24)7-8-14(13)28(20)21/h4-9,16,19H,10H2,1-3H3,(H,29,30)/t16-,19?/m1/s1. The second kappa shape index (κ2) is 8.46. The van der Waals surface area contributed by atoms with Crippen molar-refractivity contribution in [3.63, 3.8) is 0 Å². The quantitative estimate of drug-likeness (QED) is 0.472. The van der Waals surface area contributed by atoms with Crippen molar-refractivity contribution >= 4 is 33.5 Å². The number of ether oxygens (including phenoxy) is 2. The molecular formula is C22H20BrClFN3O4. The average Bonchev–Trinajstić information content (AvgIpc) is 3.12. The highest BCUT2D eigenvalue weighted by molar-refractivity contribution is 9.10. The fourth-order valence-electron chi connectivity index (χ4n) is 3.79. The highest BCUT2D eigenvalue weighted by atomic mass is 79.9. The lowest BCUT2D eigenvalue weighted by Crippen LogP contribution is -2.19. The fourth-order valence-corrected chi connectivity index (χ4v) is 4.61. The summed E-state index contributed by atoms with van der Waals surface area (Å²) in [6.07, 6.45) is -2.12. The molecular weight excluding hydrogens is 505 g/mol. The average molecular weight is 525 g/mol. The number of alkyl halides is 1. The zero-order valence-electron chi connectivity index (χ0n) is 17.5. The van der Waals surface area contributed by atoms with Crippen molar-refractivity contribution in [2.75, 3.05) is 7.11 Å². The molecule has 0 aliphatic carbocycles. The van der Waals surface area contributed by atoms with Gasteiger partial charge in [-0.2, -0.15) is 0 Å². The summed E-state index contributed by atoms with van der Waals surface area (Å²) in [7, 11) is 1.55. The predicted molar refractivity (Wildman–Crippen MR) is 119 cm³/mol. The van der Waals surface area contributed by atoms with Crippen LogP contribution in [0, 0.1) is 0 Å². The van der Waals surface area contributed by atoms with Crippen molar-refractivity contribution in [1.82, 2.24) is 14.8 Å². The van der Waals surface area contributed by atoms with Gasteiger partial charge in [0.1, 0.15) is 18.0 Å². The molecule has 3 aromatic rings. The zero-order chi connectivity index (χ0) is 23.2. The maximum Gasteiger partial charge on any atom is 0.306 e. The number of methoxy groups -OCH3 is 1. The lowest BCUT2D eigenvalue weighted by atomic mass is 9.99.